The van der Waals surface area contributed by atoms with E-state index in [0.717, 1.165) is 28.9 Å². The molecule has 3 rings (SSSR count). The number of halogens is 2. The highest BCUT2D eigenvalue weighted by molar-refractivity contribution is 5.95. The molecule has 1 aliphatic rings. The van der Waals surface area contributed by atoms with Crippen molar-refractivity contribution in [3.05, 3.63) is 28.8 Å². The van der Waals surface area contributed by atoms with E-state index in [1.54, 1.807) is 11.6 Å². The van der Waals surface area contributed by atoms with Gasteiger partial charge in [0.15, 0.2) is 0 Å². The minimum absolute atomic E-state index is 0.0375. The maximum absolute atomic E-state index is 12.4. The van der Waals surface area contributed by atoms with Gasteiger partial charge in [-0.15, -0.1) is 5.10 Å². The standard InChI is InChI=1S/C14H18F2N6O/c1-8-10(6-22(19-8)7-13(15)16)14(23)17-9-3-4-12-11(5-9)18-20-21(12)2/h6,9,13H,3-5,7H2,1-2H3,(H,17,23). The fourth-order valence-corrected chi connectivity index (χ4v) is 2.89. The topological polar surface area (TPSA) is 77.6 Å². The molecule has 1 amide bonds. The van der Waals surface area contributed by atoms with Gasteiger partial charge in [0.25, 0.3) is 12.3 Å². The van der Waals surface area contributed by atoms with E-state index in [9.17, 15) is 13.6 Å². The van der Waals surface area contributed by atoms with E-state index in [-0.39, 0.29) is 11.9 Å². The Morgan fingerprint density at radius 1 is 1.52 bits per heavy atom. The molecule has 9 heteroatoms. The third-order valence-electron chi connectivity index (χ3n) is 4.04. The van der Waals surface area contributed by atoms with Gasteiger partial charge < -0.3 is 5.32 Å². The molecule has 0 saturated heterocycles. The molecule has 0 bridgehead atoms. The molecular formula is C14H18F2N6O. The highest BCUT2D eigenvalue weighted by Gasteiger charge is 2.25. The average Bonchev–Trinajstić information content (AvgIpc) is 3.02. The number of hydrogen-bond donors (Lipinski definition) is 1. The molecule has 0 fully saturated rings. The fraction of sp³-hybridized carbons (Fsp3) is 0.571. The first-order valence-electron chi connectivity index (χ1n) is 7.44. The Balaban J connectivity index is 1.67. The number of rotatable bonds is 4. The molecule has 0 radical (unpaired) electrons. The van der Waals surface area contributed by atoms with E-state index in [1.165, 1.54) is 6.20 Å². The van der Waals surface area contributed by atoms with Crippen molar-refractivity contribution in [3.8, 4) is 0 Å². The molecule has 2 aromatic rings. The van der Waals surface area contributed by atoms with E-state index < -0.39 is 13.0 Å². The SMILES string of the molecule is Cc1nn(CC(F)F)cc1C(=O)NC1CCc2c(nnn2C)C1. The number of aryl methyl sites for hydroxylation is 2. The summed E-state index contributed by atoms with van der Waals surface area (Å²) in [5.41, 5.74) is 2.76. The zero-order valence-electron chi connectivity index (χ0n) is 13.0. The smallest absolute Gasteiger partial charge is 0.257 e. The van der Waals surface area contributed by atoms with Gasteiger partial charge in [-0.25, -0.2) is 8.78 Å². The van der Waals surface area contributed by atoms with Crippen molar-refractivity contribution in [2.45, 2.75) is 45.2 Å². The van der Waals surface area contributed by atoms with Crippen LogP contribution < -0.4 is 5.32 Å². The lowest BCUT2D eigenvalue weighted by molar-refractivity contribution is 0.0931. The average molecular weight is 324 g/mol. The van der Waals surface area contributed by atoms with Crippen LogP contribution in [-0.4, -0.2) is 43.1 Å². The highest BCUT2D eigenvalue weighted by Crippen LogP contribution is 2.19. The molecule has 23 heavy (non-hydrogen) atoms. The van der Waals surface area contributed by atoms with Crippen molar-refractivity contribution < 1.29 is 13.6 Å². The van der Waals surface area contributed by atoms with Gasteiger partial charge in [0.2, 0.25) is 0 Å². The molecule has 0 spiro atoms. The van der Waals surface area contributed by atoms with Crippen molar-refractivity contribution in [1.29, 1.82) is 0 Å². The maximum Gasteiger partial charge on any atom is 0.257 e. The first-order valence-corrected chi connectivity index (χ1v) is 7.44. The molecule has 2 heterocycles. The van der Waals surface area contributed by atoms with Crippen molar-refractivity contribution in [2.75, 3.05) is 0 Å². The summed E-state index contributed by atoms with van der Waals surface area (Å²) >= 11 is 0. The van der Waals surface area contributed by atoms with Gasteiger partial charge in [0.05, 0.1) is 22.6 Å². The number of aromatic nitrogens is 5. The number of fused-ring (bicyclic) bond motifs is 1. The van der Waals surface area contributed by atoms with Gasteiger partial charge in [-0.3, -0.25) is 14.2 Å². The van der Waals surface area contributed by atoms with Crippen LogP contribution in [0.25, 0.3) is 0 Å². The Morgan fingerprint density at radius 2 is 2.30 bits per heavy atom. The highest BCUT2D eigenvalue weighted by atomic mass is 19.3. The van der Waals surface area contributed by atoms with Crippen LogP contribution in [0.15, 0.2) is 6.20 Å². The summed E-state index contributed by atoms with van der Waals surface area (Å²) in [5, 5.41) is 15.0. The molecule has 7 nitrogen and oxygen atoms in total. The van der Waals surface area contributed by atoms with Gasteiger partial charge in [-0.1, -0.05) is 5.21 Å². The van der Waals surface area contributed by atoms with E-state index in [1.807, 2.05) is 7.05 Å². The zero-order valence-corrected chi connectivity index (χ0v) is 13.0. The van der Waals surface area contributed by atoms with Crippen LogP contribution >= 0.6 is 0 Å². The lowest BCUT2D eigenvalue weighted by atomic mass is 9.95. The Kier molecular flexibility index (Phi) is 4.10. The number of alkyl halides is 2. The second kappa shape index (κ2) is 6.05. The van der Waals surface area contributed by atoms with Crippen LogP contribution in [-0.2, 0) is 26.4 Å². The summed E-state index contributed by atoms with van der Waals surface area (Å²) in [4.78, 5) is 12.4. The largest absolute Gasteiger partial charge is 0.349 e. The summed E-state index contributed by atoms with van der Waals surface area (Å²) in [5.74, 6) is -0.291. The van der Waals surface area contributed by atoms with Crippen LogP contribution in [0.3, 0.4) is 0 Å². The van der Waals surface area contributed by atoms with Crippen molar-refractivity contribution in [2.24, 2.45) is 7.05 Å². The Hall–Kier alpha value is -2.32. The number of nitrogens with zero attached hydrogens (tertiary/aromatic N) is 5. The molecule has 0 saturated carbocycles. The minimum atomic E-state index is -2.50. The maximum atomic E-state index is 12.4. The van der Waals surface area contributed by atoms with Crippen LogP contribution in [0.4, 0.5) is 8.78 Å². The van der Waals surface area contributed by atoms with Crippen molar-refractivity contribution in [1.82, 2.24) is 30.1 Å². The summed E-state index contributed by atoms with van der Waals surface area (Å²) in [6.07, 6.45) is 1.09. The number of carbonyl (C=O) groups is 1. The predicted molar refractivity (Wildman–Crippen MR) is 77.3 cm³/mol. The number of hydrogen-bond acceptors (Lipinski definition) is 4. The van der Waals surface area contributed by atoms with Gasteiger partial charge >= 0.3 is 0 Å². The van der Waals surface area contributed by atoms with E-state index >= 15 is 0 Å². The van der Waals surface area contributed by atoms with Gasteiger partial charge in [0.1, 0.15) is 6.54 Å². The molecule has 1 aliphatic carbocycles. The molecule has 1 unspecified atom stereocenters. The van der Waals surface area contributed by atoms with Gasteiger partial charge in [-0.05, 0) is 19.8 Å². The number of carbonyl (C=O) groups excluding carboxylic acids is 1. The Bertz CT molecular complexity index is 723. The number of amides is 1. The lowest BCUT2D eigenvalue weighted by Crippen LogP contribution is -2.39. The van der Waals surface area contributed by atoms with Crippen LogP contribution in [0, 0.1) is 6.92 Å². The predicted octanol–water partition coefficient (Wildman–Crippen LogP) is 0.872. The van der Waals surface area contributed by atoms with Crippen molar-refractivity contribution >= 4 is 5.91 Å². The summed E-state index contributed by atoms with van der Waals surface area (Å²) in [6, 6.07) is -0.0375. The second-order valence-electron chi connectivity index (χ2n) is 5.76. The monoisotopic (exact) mass is 324 g/mol. The summed E-state index contributed by atoms with van der Waals surface area (Å²) in [6.45, 7) is 1.12. The molecular weight excluding hydrogens is 306 g/mol. The van der Waals surface area contributed by atoms with Crippen LogP contribution in [0.5, 0.6) is 0 Å². The number of nitrogens with one attached hydrogen (secondary N) is 1. The molecule has 2 aromatic heterocycles. The Labute approximate surface area is 131 Å². The summed E-state index contributed by atoms with van der Waals surface area (Å²) < 4.78 is 27.7. The van der Waals surface area contributed by atoms with Crippen LogP contribution in [0.2, 0.25) is 0 Å². The molecule has 1 N–H and O–H groups in total. The van der Waals surface area contributed by atoms with Crippen LogP contribution in [0.1, 0.15) is 33.9 Å². The normalized spacial score (nSPS) is 17.3. The molecule has 124 valence electrons. The Morgan fingerprint density at radius 3 is 3.04 bits per heavy atom. The van der Waals surface area contributed by atoms with E-state index in [4.69, 9.17) is 0 Å². The molecule has 0 aromatic carbocycles. The zero-order chi connectivity index (χ0) is 16.6. The van der Waals surface area contributed by atoms with Gasteiger partial charge in [-0.2, -0.15) is 5.10 Å². The molecule has 0 aliphatic heterocycles. The fourth-order valence-electron chi connectivity index (χ4n) is 2.89. The minimum Gasteiger partial charge on any atom is -0.349 e. The first kappa shape index (κ1) is 15.6. The molecule has 1 atom stereocenters. The van der Waals surface area contributed by atoms with Gasteiger partial charge in [0, 0.05) is 25.7 Å². The first-order chi connectivity index (χ1) is 10.9. The third kappa shape index (κ3) is 3.22. The van der Waals surface area contributed by atoms with Crippen molar-refractivity contribution in [3.63, 3.8) is 0 Å². The lowest BCUT2D eigenvalue weighted by Gasteiger charge is -2.22. The van der Waals surface area contributed by atoms with E-state index in [2.05, 4.69) is 20.7 Å². The second-order valence-corrected chi connectivity index (χ2v) is 5.76. The third-order valence-corrected chi connectivity index (χ3v) is 4.04. The summed E-state index contributed by atoms with van der Waals surface area (Å²) in [7, 11) is 1.85. The van der Waals surface area contributed by atoms with E-state index in [0.29, 0.717) is 17.7 Å². The quantitative estimate of drug-likeness (QED) is 0.905.